The van der Waals surface area contributed by atoms with Crippen molar-refractivity contribution in [3.8, 4) is 0 Å². The summed E-state index contributed by atoms with van der Waals surface area (Å²) in [5.74, 6) is 0. The molecule has 1 radical (unpaired) electrons. The number of rotatable bonds is 0. The van der Waals surface area contributed by atoms with Crippen LogP contribution in [0.5, 0.6) is 0 Å². The number of likely N-dealkylation sites (tertiary alicyclic amines) is 3. The van der Waals surface area contributed by atoms with Gasteiger partial charge in [-0.25, -0.2) is 0 Å². The first-order valence-electron chi connectivity index (χ1n) is 11.2. The Bertz CT molecular complexity index is 296. The van der Waals surface area contributed by atoms with Crippen LogP contribution in [0, 0.1) is 6.54 Å². The van der Waals surface area contributed by atoms with Crippen LogP contribution in [0.4, 0.5) is 0 Å². The van der Waals surface area contributed by atoms with E-state index in [0.29, 0.717) is 0 Å². The summed E-state index contributed by atoms with van der Waals surface area (Å²) in [6.45, 7) is 13.7. The van der Waals surface area contributed by atoms with E-state index in [4.69, 9.17) is 0 Å². The minimum Gasteiger partial charge on any atom is -0.459 e. The molecule has 0 aromatic carbocycles. The first-order valence-corrected chi connectivity index (χ1v) is 11.2. The van der Waals surface area contributed by atoms with Crippen molar-refractivity contribution >= 4 is 0 Å². The molecular weight excluding hydrogens is 461 g/mol. The van der Waals surface area contributed by atoms with E-state index in [1.807, 2.05) is 0 Å². The second-order valence-corrected chi connectivity index (χ2v) is 8.79. The van der Waals surface area contributed by atoms with Gasteiger partial charge < -0.3 is 24.5 Å². The van der Waals surface area contributed by atoms with Crippen molar-refractivity contribution in [1.29, 1.82) is 0 Å². The summed E-state index contributed by atoms with van der Waals surface area (Å²) in [6.07, 6.45) is 9.75. The fourth-order valence-corrected chi connectivity index (χ4v) is 3.58. The number of hydrogen-bond donors (Lipinski definition) is 0. The monoisotopic (exact) mass is 517 g/mol. The molecule has 0 aromatic rings. The second-order valence-electron chi connectivity index (χ2n) is 8.79. The normalized spacial score (nSPS) is 23.1. The minimum atomic E-state index is 0. The van der Waals surface area contributed by atoms with Gasteiger partial charge in [0.1, 0.15) is 0 Å². The van der Waals surface area contributed by atoms with Gasteiger partial charge in [0, 0.05) is 45.7 Å². The molecule has 0 atom stereocenters. The van der Waals surface area contributed by atoms with Gasteiger partial charge in [0.05, 0.1) is 0 Å². The molecule has 0 aromatic heterocycles. The van der Waals surface area contributed by atoms with Crippen molar-refractivity contribution in [1.82, 2.24) is 24.5 Å². The maximum Gasteiger partial charge on any atom is 0.0107 e. The fraction of sp³-hybridized carbons (Fsp3) is 0.958. The first-order chi connectivity index (χ1) is 13.0. The van der Waals surface area contributed by atoms with Gasteiger partial charge in [-0.3, -0.25) is 6.54 Å². The predicted molar refractivity (Wildman–Crippen MR) is 133 cm³/mol. The Morgan fingerprint density at radius 2 is 0.767 bits per heavy atom. The van der Waals surface area contributed by atoms with E-state index in [1.54, 1.807) is 0 Å². The van der Waals surface area contributed by atoms with Gasteiger partial charge in [-0.1, -0.05) is 27.7 Å². The van der Waals surface area contributed by atoms with Gasteiger partial charge in [-0.15, -0.1) is 0 Å². The molecule has 0 N–H and O–H groups in total. The quantitative estimate of drug-likeness (QED) is 0.358. The van der Waals surface area contributed by atoms with E-state index < -0.39 is 0 Å². The van der Waals surface area contributed by atoms with E-state index in [0.717, 1.165) is 0 Å². The molecule has 4 aliphatic heterocycles. The predicted octanol–water partition coefficient (Wildman–Crippen LogP) is 3.82. The number of likely N-dealkylation sites (N-methyl/N-ethyl adjacent to an activating group) is 2. The Balaban J connectivity index is -0.000000315. The van der Waals surface area contributed by atoms with E-state index in [1.165, 1.54) is 104 Å². The minimum absolute atomic E-state index is 0. The number of nitrogens with zero attached hydrogens (tertiary/aromatic N) is 5. The van der Waals surface area contributed by atoms with Gasteiger partial charge in [0.15, 0.2) is 0 Å². The van der Waals surface area contributed by atoms with Gasteiger partial charge in [0.2, 0.25) is 0 Å². The maximum atomic E-state index is 2.39. The van der Waals surface area contributed by atoms with Crippen molar-refractivity contribution in [2.45, 2.75) is 59.8 Å². The summed E-state index contributed by atoms with van der Waals surface area (Å²) in [7, 11) is 10.8. The first kappa shape index (κ1) is 35.0. The fourth-order valence-electron chi connectivity index (χ4n) is 3.58. The molecule has 4 heterocycles. The van der Waals surface area contributed by atoms with Crippen LogP contribution >= 0.6 is 0 Å². The van der Waals surface area contributed by atoms with Crippen molar-refractivity contribution in [3.63, 3.8) is 0 Å². The van der Waals surface area contributed by atoms with Gasteiger partial charge in [-0.05, 0) is 93.6 Å². The van der Waals surface area contributed by atoms with Crippen LogP contribution in [0.1, 0.15) is 59.8 Å². The molecule has 4 rings (SSSR count). The molecule has 0 saturated carbocycles. The van der Waals surface area contributed by atoms with Crippen LogP contribution in [-0.2, 0) is 19.5 Å². The molecule has 0 unspecified atom stereocenters. The van der Waals surface area contributed by atoms with Crippen molar-refractivity contribution < 1.29 is 19.5 Å². The largest absolute Gasteiger partial charge is 0.459 e. The number of piperazine rings is 1. The van der Waals surface area contributed by atoms with E-state index in [9.17, 15) is 0 Å². The zero-order valence-corrected chi connectivity index (χ0v) is 21.1. The number of piperidine rings is 1. The van der Waals surface area contributed by atoms with Crippen LogP contribution in [-0.4, -0.2) is 119 Å². The Morgan fingerprint density at radius 1 is 0.433 bits per heavy atom. The van der Waals surface area contributed by atoms with Crippen molar-refractivity contribution in [3.05, 3.63) is 6.54 Å². The molecule has 4 aliphatic rings. The molecule has 4 saturated heterocycles. The molecule has 187 valence electrons. The summed E-state index contributed by atoms with van der Waals surface area (Å²) in [5.41, 5.74) is 0. The zero-order valence-electron chi connectivity index (χ0n) is 19.5. The van der Waals surface area contributed by atoms with Gasteiger partial charge in [0.25, 0.3) is 0 Å². The number of hydrogen-bond acceptors (Lipinski definition) is 5. The molecule has 4 fully saturated rings. The van der Waals surface area contributed by atoms with Crippen LogP contribution < -0.4 is 0 Å². The molecule has 0 bridgehead atoms. The van der Waals surface area contributed by atoms with Crippen LogP contribution in [0.25, 0.3) is 0 Å². The summed E-state index contributed by atoms with van der Waals surface area (Å²) in [6, 6.07) is 0. The third-order valence-corrected chi connectivity index (χ3v) is 5.79. The Labute approximate surface area is 204 Å². The SMILES string of the molecule is C.C.CN1CCCC1.CN1CCCCC1.CN1CCN(C)CC1.CN1[CH-]CCC1.[Rh]. The van der Waals surface area contributed by atoms with Crippen molar-refractivity contribution in [2.75, 3.05) is 94.1 Å². The summed E-state index contributed by atoms with van der Waals surface area (Å²) in [5, 5.41) is 0. The standard InChI is InChI=1S/C6H14N2.C6H13N.C5H11N.C5H10N.2CH4.Rh/c1-7-3-5-8(2)6-4-7;1-7-5-3-2-4-6-7;2*1-6-4-2-3-5-6;;;/h3-6H2,1-2H3;2-6H2,1H3;2-5H2,1H3;4H,2-3,5H2,1H3;2*1H4;/q;;;-1;;;. The van der Waals surface area contributed by atoms with Crippen molar-refractivity contribution in [2.24, 2.45) is 0 Å². The molecule has 0 aliphatic carbocycles. The topological polar surface area (TPSA) is 16.2 Å². The van der Waals surface area contributed by atoms with E-state index in [-0.39, 0.29) is 34.3 Å². The third kappa shape index (κ3) is 20.3. The molecule has 5 nitrogen and oxygen atoms in total. The van der Waals surface area contributed by atoms with Crippen LogP contribution in [0.3, 0.4) is 0 Å². The van der Waals surface area contributed by atoms with Crippen LogP contribution in [0.15, 0.2) is 0 Å². The summed E-state index contributed by atoms with van der Waals surface area (Å²) >= 11 is 0. The Hall–Kier alpha value is 0.423. The Kier molecular flexibility index (Phi) is 26.4. The van der Waals surface area contributed by atoms with Gasteiger partial charge >= 0.3 is 0 Å². The molecular formula is C24H56N5Rh-. The zero-order chi connectivity index (χ0) is 19.9. The second kappa shape index (κ2) is 22.6. The average Bonchev–Trinajstić information content (AvgIpc) is 3.33. The molecule has 30 heavy (non-hydrogen) atoms. The smallest absolute Gasteiger partial charge is 0.0107 e. The van der Waals surface area contributed by atoms with E-state index in [2.05, 4.69) is 66.3 Å². The third-order valence-electron chi connectivity index (χ3n) is 5.79. The summed E-state index contributed by atoms with van der Waals surface area (Å²) in [4.78, 5) is 11.7. The molecule has 6 heteroatoms. The molecule has 0 spiro atoms. The Morgan fingerprint density at radius 3 is 0.933 bits per heavy atom. The van der Waals surface area contributed by atoms with Crippen LogP contribution in [0.2, 0.25) is 0 Å². The van der Waals surface area contributed by atoms with Gasteiger partial charge in [-0.2, -0.15) is 6.42 Å². The molecule has 0 amide bonds. The maximum absolute atomic E-state index is 2.39. The summed E-state index contributed by atoms with van der Waals surface area (Å²) < 4.78 is 0. The van der Waals surface area contributed by atoms with E-state index >= 15 is 0 Å². The average molecular weight is 518 g/mol.